The summed E-state index contributed by atoms with van der Waals surface area (Å²) >= 11 is 0. The van der Waals surface area contributed by atoms with Crippen LogP contribution in [0, 0.1) is 6.92 Å². The summed E-state index contributed by atoms with van der Waals surface area (Å²) in [7, 11) is -2.04. The van der Waals surface area contributed by atoms with Crippen LogP contribution in [0.1, 0.15) is 52.4 Å². The van der Waals surface area contributed by atoms with E-state index in [1.54, 1.807) is 20.0 Å². The number of amidine groups is 1. The molecule has 1 saturated heterocycles. The molecule has 2 heterocycles. The van der Waals surface area contributed by atoms with Gasteiger partial charge < -0.3 is 30.5 Å². The van der Waals surface area contributed by atoms with Crippen LogP contribution in [-0.2, 0) is 36.7 Å². The first-order chi connectivity index (χ1) is 22.6. The number of sulfonamides is 1. The molecule has 16 heteroatoms. The summed E-state index contributed by atoms with van der Waals surface area (Å²) in [5.74, 6) is -4.85. The maximum atomic E-state index is 14.4. The summed E-state index contributed by atoms with van der Waals surface area (Å²) in [5.41, 5.74) is 0.174. The molecule has 0 unspecified atom stereocenters. The van der Waals surface area contributed by atoms with Crippen molar-refractivity contribution in [1.29, 1.82) is 0 Å². The molecule has 2 aromatic carbocycles. The first-order valence-electron chi connectivity index (χ1n) is 15.5. The third kappa shape index (κ3) is 9.33. The molecule has 4 rings (SSSR count). The van der Waals surface area contributed by atoms with E-state index in [4.69, 9.17) is 14.6 Å². The van der Waals surface area contributed by atoms with Gasteiger partial charge in [0.05, 0.1) is 31.1 Å². The molecule has 262 valence electrons. The highest BCUT2D eigenvalue weighted by atomic mass is 32.2. The van der Waals surface area contributed by atoms with E-state index in [-0.39, 0.29) is 98.7 Å². The van der Waals surface area contributed by atoms with E-state index in [1.807, 2.05) is 0 Å². The number of aryl methyl sites for hydroxylation is 2. The number of rotatable bonds is 16. The van der Waals surface area contributed by atoms with Crippen molar-refractivity contribution in [2.45, 2.75) is 44.6 Å². The number of hydrogen-bond donors (Lipinski definition) is 4. The smallest absolute Gasteiger partial charge is 0.335 e. The number of carbonyl (C=O) groups excluding carboxylic acids is 2. The predicted octanol–water partition coefficient (Wildman–Crippen LogP) is 1.82. The van der Waals surface area contributed by atoms with Crippen molar-refractivity contribution in [1.82, 2.24) is 20.3 Å². The topological polar surface area (TPSA) is 176 Å². The Hall–Kier alpha value is -3.99. The quantitative estimate of drug-likeness (QED) is 0.191. The molecule has 1 spiro atoms. The number of carboxylic acids is 1. The zero-order valence-corrected chi connectivity index (χ0v) is 27.9. The highest BCUT2D eigenvalue weighted by Crippen LogP contribution is 2.35. The van der Waals surface area contributed by atoms with Crippen molar-refractivity contribution in [2.75, 3.05) is 58.8 Å². The highest BCUT2D eigenvalue weighted by Gasteiger charge is 2.47. The number of likely N-dealkylation sites (N-methyl/N-ethyl adjacent to an activating group) is 1. The average Bonchev–Trinajstić information content (AvgIpc) is 3.34. The minimum atomic E-state index is -3.70. The third-order valence-electron chi connectivity index (χ3n) is 8.23. The number of piperidine rings is 1. The van der Waals surface area contributed by atoms with Crippen LogP contribution in [0.15, 0.2) is 41.4 Å². The standard InChI is InChI=1S/C32H41F2N5O8S/c1-21-16-23(29(41)42)5-4-22(21)6-15-48(44,45)39-10-7-32(8-11-39)30(43)37-28(38-32)24-17-25(31(2,33)34)19-26(18-24)47-14-13-46-12-9-36-27(40)20-35-3/h4-5,16-19,35H,6-15,20H2,1-3H3,(H,36,40)(H,41,42)(H,37,38,43). The second-order valence-electron chi connectivity index (χ2n) is 11.8. The molecule has 0 aliphatic carbocycles. The van der Waals surface area contributed by atoms with Crippen molar-refractivity contribution in [3.05, 3.63) is 64.2 Å². The molecule has 0 bridgehead atoms. The molecule has 2 aliphatic rings. The maximum absolute atomic E-state index is 14.4. The summed E-state index contributed by atoms with van der Waals surface area (Å²) < 4.78 is 67.7. The van der Waals surface area contributed by atoms with E-state index in [1.165, 1.54) is 34.6 Å². The second kappa shape index (κ2) is 15.5. The van der Waals surface area contributed by atoms with Gasteiger partial charge in [0.15, 0.2) is 0 Å². The lowest BCUT2D eigenvalue weighted by Crippen LogP contribution is -2.50. The van der Waals surface area contributed by atoms with Crippen molar-refractivity contribution >= 4 is 33.6 Å². The molecule has 0 aromatic heterocycles. The molecule has 13 nitrogen and oxygen atoms in total. The van der Waals surface area contributed by atoms with Gasteiger partial charge in [-0.1, -0.05) is 6.07 Å². The molecule has 0 atom stereocenters. The van der Waals surface area contributed by atoms with Gasteiger partial charge in [0, 0.05) is 37.7 Å². The van der Waals surface area contributed by atoms with Gasteiger partial charge in [-0.15, -0.1) is 0 Å². The number of aliphatic imine (C=N–C) groups is 1. The summed E-state index contributed by atoms with van der Waals surface area (Å²) in [6.45, 7) is 3.48. The number of nitrogens with zero attached hydrogens (tertiary/aromatic N) is 2. The molecule has 1 fully saturated rings. The number of carbonyl (C=O) groups is 3. The number of amides is 2. The van der Waals surface area contributed by atoms with Gasteiger partial charge in [0.25, 0.3) is 11.8 Å². The second-order valence-corrected chi connectivity index (χ2v) is 13.9. The van der Waals surface area contributed by atoms with E-state index < -0.39 is 33.4 Å². The number of nitrogens with one attached hydrogen (secondary N) is 3. The molecule has 48 heavy (non-hydrogen) atoms. The minimum absolute atomic E-state index is 0.0446. The van der Waals surface area contributed by atoms with Crippen LogP contribution in [0.3, 0.4) is 0 Å². The minimum Gasteiger partial charge on any atom is -0.491 e. The Morgan fingerprint density at radius 3 is 2.50 bits per heavy atom. The Kier molecular flexibility index (Phi) is 11.9. The van der Waals surface area contributed by atoms with Gasteiger partial charge in [0.2, 0.25) is 15.9 Å². The van der Waals surface area contributed by atoms with E-state index in [0.29, 0.717) is 12.1 Å². The van der Waals surface area contributed by atoms with Gasteiger partial charge in [-0.2, -0.15) is 0 Å². The largest absolute Gasteiger partial charge is 0.491 e. The summed E-state index contributed by atoms with van der Waals surface area (Å²) in [4.78, 5) is 40.5. The summed E-state index contributed by atoms with van der Waals surface area (Å²) in [6.07, 6.45) is 0.407. The molecule has 2 amide bonds. The lowest BCUT2D eigenvalue weighted by atomic mass is 9.89. The first-order valence-corrected chi connectivity index (χ1v) is 17.1. The van der Waals surface area contributed by atoms with Gasteiger partial charge >= 0.3 is 5.97 Å². The number of hydrogen-bond acceptors (Lipinski definition) is 9. The molecule has 2 aromatic rings. The monoisotopic (exact) mass is 693 g/mol. The van der Waals surface area contributed by atoms with Gasteiger partial charge in [0.1, 0.15) is 23.7 Å². The van der Waals surface area contributed by atoms with Crippen molar-refractivity contribution < 1.29 is 46.2 Å². The molecule has 0 radical (unpaired) electrons. The van der Waals surface area contributed by atoms with Crippen LogP contribution >= 0.6 is 0 Å². The fourth-order valence-electron chi connectivity index (χ4n) is 5.48. The van der Waals surface area contributed by atoms with E-state index in [2.05, 4.69) is 20.9 Å². The zero-order chi connectivity index (χ0) is 35.1. The molecule has 4 N–H and O–H groups in total. The summed E-state index contributed by atoms with van der Waals surface area (Å²) in [5, 5.41) is 17.3. The van der Waals surface area contributed by atoms with E-state index in [9.17, 15) is 31.6 Å². The lowest BCUT2D eigenvalue weighted by molar-refractivity contribution is -0.125. The Balaban J connectivity index is 1.38. The number of alkyl halides is 2. The number of ether oxygens (including phenoxy) is 2. The van der Waals surface area contributed by atoms with Crippen LogP contribution < -0.4 is 20.7 Å². The fraction of sp³-hybridized carbons (Fsp3) is 0.500. The Morgan fingerprint density at radius 2 is 1.85 bits per heavy atom. The SMILES string of the molecule is CNCC(=O)NCCOCCOc1cc(C2=NC3(CCN(S(=O)(=O)CCc4ccc(C(=O)O)cc4C)CC3)C(=O)N2)cc(C(C)(F)F)c1. The van der Waals surface area contributed by atoms with Crippen LogP contribution in [0.25, 0.3) is 0 Å². The summed E-state index contributed by atoms with van der Waals surface area (Å²) in [6, 6.07) is 8.50. The molecule has 2 aliphatic heterocycles. The molecular formula is C32H41F2N5O8S. The Bertz CT molecular complexity index is 1650. The van der Waals surface area contributed by atoms with E-state index in [0.717, 1.165) is 12.5 Å². The van der Waals surface area contributed by atoms with Gasteiger partial charge in [-0.25, -0.2) is 26.3 Å². The van der Waals surface area contributed by atoms with Crippen molar-refractivity contribution in [2.24, 2.45) is 4.99 Å². The molecule has 0 saturated carbocycles. The average molecular weight is 694 g/mol. The fourth-order valence-corrected chi connectivity index (χ4v) is 6.96. The Labute approximate surface area is 278 Å². The van der Waals surface area contributed by atoms with Crippen LogP contribution in [0.5, 0.6) is 5.75 Å². The first kappa shape index (κ1) is 36.8. The lowest BCUT2D eigenvalue weighted by Gasteiger charge is -2.34. The van der Waals surface area contributed by atoms with Crippen LogP contribution in [0.2, 0.25) is 0 Å². The predicted molar refractivity (Wildman–Crippen MR) is 173 cm³/mol. The maximum Gasteiger partial charge on any atom is 0.335 e. The van der Waals surface area contributed by atoms with Gasteiger partial charge in [-0.05, 0) is 74.7 Å². The van der Waals surface area contributed by atoms with Gasteiger partial charge in [-0.3, -0.25) is 14.6 Å². The highest BCUT2D eigenvalue weighted by molar-refractivity contribution is 7.89. The van der Waals surface area contributed by atoms with Crippen LogP contribution in [0.4, 0.5) is 8.78 Å². The molecular weight excluding hydrogens is 652 g/mol. The van der Waals surface area contributed by atoms with Crippen LogP contribution in [-0.4, -0.2) is 106 Å². The number of aromatic carboxylic acids is 1. The number of carboxylic acid groups (broad SMARTS) is 1. The van der Waals surface area contributed by atoms with Crippen molar-refractivity contribution in [3.63, 3.8) is 0 Å². The third-order valence-corrected chi connectivity index (χ3v) is 10.1. The zero-order valence-electron chi connectivity index (χ0n) is 27.1. The van der Waals surface area contributed by atoms with Crippen molar-refractivity contribution in [3.8, 4) is 5.75 Å². The Morgan fingerprint density at radius 1 is 1.12 bits per heavy atom. The number of benzene rings is 2. The normalized spacial score (nSPS) is 16.4. The number of halogens is 2. The van der Waals surface area contributed by atoms with E-state index >= 15 is 0 Å².